The summed E-state index contributed by atoms with van der Waals surface area (Å²) in [6.07, 6.45) is 1.55. The van der Waals surface area contributed by atoms with E-state index in [1.54, 1.807) is 13.0 Å². The molecule has 1 amide bonds. The second kappa shape index (κ2) is 6.71. The SMILES string of the molecule is Cc1cc(Br)c(F)cc1NC(=O)CCCCO. The molecule has 1 aromatic carbocycles. The molecule has 0 aliphatic carbocycles. The number of nitrogens with one attached hydrogen (secondary N) is 1. The minimum Gasteiger partial charge on any atom is -0.396 e. The summed E-state index contributed by atoms with van der Waals surface area (Å²) in [6.45, 7) is 1.88. The number of carbonyl (C=O) groups excluding carboxylic acids is 1. The van der Waals surface area contributed by atoms with Gasteiger partial charge in [-0.1, -0.05) is 0 Å². The van der Waals surface area contributed by atoms with Crippen molar-refractivity contribution in [1.29, 1.82) is 0 Å². The highest BCUT2D eigenvalue weighted by Crippen LogP contribution is 2.24. The third-order valence-corrected chi connectivity index (χ3v) is 2.96. The van der Waals surface area contributed by atoms with Crippen LogP contribution in [-0.2, 0) is 4.79 Å². The van der Waals surface area contributed by atoms with E-state index in [1.807, 2.05) is 0 Å². The number of aliphatic hydroxyl groups is 1. The number of aryl methyl sites for hydroxylation is 1. The maximum Gasteiger partial charge on any atom is 0.224 e. The summed E-state index contributed by atoms with van der Waals surface area (Å²) in [5.41, 5.74) is 1.29. The third-order valence-electron chi connectivity index (χ3n) is 2.35. The molecule has 0 atom stereocenters. The molecule has 0 spiro atoms. The molecular formula is C12H15BrFNO2. The highest BCUT2D eigenvalue weighted by atomic mass is 79.9. The van der Waals surface area contributed by atoms with Crippen LogP contribution in [0.25, 0.3) is 0 Å². The van der Waals surface area contributed by atoms with Crippen LogP contribution in [0.4, 0.5) is 10.1 Å². The zero-order chi connectivity index (χ0) is 12.8. The minimum absolute atomic E-state index is 0.0826. The van der Waals surface area contributed by atoms with Gasteiger partial charge in [0.1, 0.15) is 5.82 Å². The van der Waals surface area contributed by atoms with Crippen LogP contribution < -0.4 is 5.32 Å². The van der Waals surface area contributed by atoms with Crippen LogP contribution in [0.2, 0.25) is 0 Å². The molecule has 0 heterocycles. The van der Waals surface area contributed by atoms with Gasteiger partial charge in [-0.15, -0.1) is 0 Å². The lowest BCUT2D eigenvalue weighted by molar-refractivity contribution is -0.116. The molecule has 1 rings (SSSR count). The molecule has 17 heavy (non-hydrogen) atoms. The van der Waals surface area contributed by atoms with Gasteiger partial charge in [-0.05, 0) is 53.4 Å². The quantitative estimate of drug-likeness (QED) is 0.822. The largest absolute Gasteiger partial charge is 0.396 e. The first-order chi connectivity index (χ1) is 8.04. The summed E-state index contributed by atoms with van der Waals surface area (Å²) in [6, 6.07) is 2.92. The second-order valence-electron chi connectivity index (χ2n) is 3.81. The van der Waals surface area contributed by atoms with Crippen molar-refractivity contribution in [2.75, 3.05) is 11.9 Å². The van der Waals surface area contributed by atoms with E-state index in [-0.39, 0.29) is 12.5 Å². The summed E-state index contributed by atoms with van der Waals surface area (Å²) in [5, 5.41) is 11.2. The summed E-state index contributed by atoms with van der Waals surface area (Å²) < 4.78 is 13.7. The van der Waals surface area contributed by atoms with E-state index in [9.17, 15) is 9.18 Å². The van der Waals surface area contributed by atoms with Crippen molar-refractivity contribution in [2.24, 2.45) is 0 Å². The molecule has 0 saturated carbocycles. The van der Waals surface area contributed by atoms with Crippen molar-refractivity contribution in [3.05, 3.63) is 28.0 Å². The topological polar surface area (TPSA) is 49.3 Å². The molecule has 0 fully saturated rings. The normalized spacial score (nSPS) is 10.4. The number of aliphatic hydroxyl groups excluding tert-OH is 1. The molecule has 0 aliphatic rings. The van der Waals surface area contributed by atoms with Gasteiger partial charge < -0.3 is 10.4 Å². The predicted molar refractivity (Wildman–Crippen MR) is 68.4 cm³/mol. The Labute approximate surface area is 108 Å². The van der Waals surface area contributed by atoms with Gasteiger partial charge in [-0.3, -0.25) is 4.79 Å². The summed E-state index contributed by atoms with van der Waals surface area (Å²) in [7, 11) is 0. The number of amides is 1. The Morgan fingerprint density at radius 3 is 2.82 bits per heavy atom. The van der Waals surface area contributed by atoms with E-state index < -0.39 is 5.82 Å². The highest BCUT2D eigenvalue weighted by molar-refractivity contribution is 9.10. The number of benzene rings is 1. The van der Waals surface area contributed by atoms with Crippen LogP contribution in [0.5, 0.6) is 0 Å². The molecule has 3 nitrogen and oxygen atoms in total. The zero-order valence-corrected chi connectivity index (χ0v) is 11.2. The van der Waals surface area contributed by atoms with Crippen LogP contribution in [0.1, 0.15) is 24.8 Å². The van der Waals surface area contributed by atoms with Gasteiger partial charge in [0, 0.05) is 18.7 Å². The first-order valence-electron chi connectivity index (χ1n) is 5.41. The van der Waals surface area contributed by atoms with Gasteiger partial charge >= 0.3 is 0 Å². The molecule has 0 radical (unpaired) electrons. The molecule has 5 heteroatoms. The Bertz CT molecular complexity index is 410. The van der Waals surface area contributed by atoms with E-state index in [0.29, 0.717) is 29.4 Å². The maximum atomic E-state index is 13.3. The van der Waals surface area contributed by atoms with Crippen molar-refractivity contribution < 1.29 is 14.3 Å². The van der Waals surface area contributed by atoms with Gasteiger partial charge in [0.25, 0.3) is 0 Å². The Morgan fingerprint density at radius 1 is 1.47 bits per heavy atom. The lowest BCUT2D eigenvalue weighted by Gasteiger charge is -2.09. The maximum absolute atomic E-state index is 13.3. The molecule has 0 bridgehead atoms. The second-order valence-corrected chi connectivity index (χ2v) is 4.66. The van der Waals surface area contributed by atoms with Crippen molar-refractivity contribution in [3.63, 3.8) is 0 Å². The van der Waals surface area contributed by atoms with Crippen molar-refractivity contribution in [2.45, 2.75) is 26.2 Å². The standard InChI is InChI=1S/C12H15BrFNO2/c1-8-6-9(13)10(14)7-11(8)15-12(17)4-2-3-5-16/h6-7,16H,2-5H2,1H3,(H,15,17). The zero-order valence-electron chi connectivity index (χ0n) is 9.59. The van der Waals surface area contributed by atoms with Crippen LogP contribution >= 0.6 is 15.9 Å². The van der Waals surface area contributed by atoms with E-state index in [4.69, 9.17) is 5.11 Å². The van der Waals surface area contributed by atoms with Gasteiger partial charge in [0.2, 0.25) is 5.91 Å². The van der Waals surface area contributed by atoms with E-state index >= 15 is 0 Å². The fraction of sp³-hybridized carbons (Fsp3) is 0.417. The summed E-state index contributed by atoms with van der Waals surface area (Å²) >= 11 is 3.08. The first-order valence-corrected chi connectivity index (χ1v) is 6.20. The van der Waals surface area contributed by atoms with Crippen LogP contribution in [0, 0.1) is 12.7 Å². The molecule has 2 N–H and O–H groups in total. The van der Waals surface area contributed by atoms with Gasteiger partial charge in [-0.2, -0.15) is 0 Å². The van der Waals surface area contributed by atoms with Crippen molar-refractivity contribution in [3.8, 4) is 0 Å². The average Bonchev–Trinajstić information content (AvgIpc) is 2.26. The van der Waals surface area contributed by atoms with Crippen LogP contribution in [0.15, 0.2) is 16.6 Å². The van der Waals surface area contributed by atoms with Gasteiger partial charge in [0.15, 0.2) is 0 Å². The van der Waals surface area contributed by atoms with E-state index in [1.165, 1.54) is 6.07 Å². The molecule has 0 aromatic heterocycles. The third kappa shape index (κ3) is 4.44. The number of halogens is 2. The number of anilines is 1. The fourth-order valence-corrected chi connectivity index (χ4v) is 1.85. The number of hydrogen-bond donors (Lipinski definition) is 2. The molecule has 0 saturated heterocycles. The molecule has 0 aliphatic heterocycles. The van der Waals surface area contributed by atoms with Crippen LogP contribution in [0.3, 0.4) is 0 Å². The van der Waals surface area contributed by atoms with E-state index in [0.717, 1.165) is 5.56 Å². The Hall–Kier alpha value is -0.940. The first kappa shape index (κ1) is 14.1. The minimum atomic E-state index is -0.402. The monoisotopic (exact) mass is 303 g/mol. The Balaban J connectivity index is 2.62. The summed E-state index contributed by atoms with van der Waals surface area (Å²) in [5.74, 6) is -0.565. The number of unbranched alkanes of at least 4 members (excludes halogenated alkanes) is 1. The van der Waals surface area contributed by atoms with E-state index in [2.05, 4.69) is 21.2 Å². The van der Waals surface area contributed by atoms with Crippen LogP contribution in [-0.4, -0.2) is 17.6 Å². The number of carbonyl (C=O) groups is 1. The lowest BCUT2D eigenvalue weighted by atomic mass is 10.2. The summed E-state index contributed by atoms with van der Waals surface area (Å²) in [4.78, 5) is 11.5. The predicted octanol–water partition coefficient (Wildman–Crippen LogP) is 3.00. The lowest BCUT2D eigenvalue weighted by Crippen LogP contribution is -2.12. The van der Waals surface area contributed by atoms with Crippen molar-refractivity contribution in [1.82, 2.24) is 0 Å². The average molecular weight is 304 g/mol. The number of rotatable bonds is 5. The van der Waals surface area contributed by atoms with Gasteiger partial charge in [-0.25, -0.2) is 4.39 Å². The molecule has 0 unspecified atom stereocenters. The van der Waals surface area contributed by atoms with Gasteiger partial charge in [0.05, 0.1) is 4.47 Å². The fourth-order valence-electron chi connectivity index (χ4n) is 1.39. The molecule has 94 valence electrons. The van der Waals surface area contributed by atoms with Crippen molar-refractivity contribution >= 4 is 27.5 Å². The number of hydrogen-bond acceptors (Lipinski definition) is 2. The molecular weight excluding hydrogens is 289 g/mol. The Morgan fingerprint density at radius 2 is 2.18 bits per heavy atom. The Kier molecular flexibility index (Phi) is 5.58. The molecule has 1 aromatic rings. The highest BCUT2D eigenvalue weighted by Gasteiger charge is 2.08. The smallest absolute Gasteiger partial charge is 0.224 e.